The van der Waals surface area contributed by atoms with E-state index in [-0.39, 0.29) is 5.97 Å². The zero-order valence-corrected chi connectivity index (χ0v) is 11.8. The summed E-state index contributed by atoms with van der Waals surface area (Å²) in [7, 11) is 1.37. The minimum absolute atomic E-state index is 0.357. The molecule has 19 heavy (non-hydrogen) atoms. The van der Waals surface area contributed by atoms with Crippen molar-refractivity contribution in [3.8, 4) is 0 Å². The Kier molecular flexibility index (Phi) is 3.64. The number of carbonyl (C=O) groups excluding carboxylic acids is 1. The molecule has 1 saturated heterocycles. The Labute approximate surface area is 113 Å². The molecule has 0 aromatic carbocycles. The smallest absolute Gasteiger partial charge is 0.341 e. The molecule has 0 unspecified atom stereocenters. The Bertz CT molecular complexity index is 476. The Morgan fingerprint density at radius 1 is 1.42 bits per heavy atom. The lowest BCUT2D eigenvalue weighted by Gasteiger charge is -2.38. The summed E-state index contributed by atoms with van der Waals surface area (Å²) in [5, 5.41) is 0. The molecule has 2 N–H and O–H groups in total. The van der Waals surface area contributed by atoms with E-state index in [1.807, 2.05) is 0 Å². The van der Waals surface area contributed by atoms with Crippen molar-refractivity contribution in [1.29, 1.82) is 0 Å². The van der Waals surface area contributed by atoms with Crippen LogP contribution in [0.4, 0.5) is 11.5 Å². The maximum absolute atomic E-state index is 11.8. The lowest BCUT2D eigenvalue weighted by molar-refractivity contribution is 0.0601. The lowest BCUT2D eigenvalue weighted by atomic mass is 9.82. The van der Waals surface area contributed by atoms with Gasteiger partial charge in [0.25, 0.3) is 0 Å². The molecule has 104 valence electrons. The molecule has 2 heterocycles. The van der Waals surface area contributed by atoms with Crippen molar-refractivity contribution < 1.29 is 9.53 Å². The molecule has 0 aliphatic carbocycles. The number of ether oxygens (including phenoxy) is 1. The molecule has 0 radical (unpaired) electrons. The Balaban J connectivity index is 2.27. The second kappa shape index (κ2) is 5.07. The average Bonchev–Trinajstić information content (AvgIpc) is 2.38. The number of hydrogen-bond acceptors (Lipinski definition) is 5. The Morgan fingerprint density at radius 3 is 2.63 bits per heavy atom. The van der Waals surface area contributed by atoms with Crippen molar-refractivity contribution in [3.63, 3.8) is 0 Å². The summed E-state index contributed by atoms with van der Waals surface area (Å²) >= 11 is 0. The fraction of sp³-hybridized carbons (Fsp3) is 0.571. The summed E-state index contributed by atoms with van der Waals surface area (Å²) in [6.07, 6.45) is 3.75. The first kappa shape index (κ1) is 13.6. The number of piperidine rings is 1. The molecule has 5 heteroatoms. The number of pyridine rings is 1. The molecule has 1 aromatic heterocycles. The van der Waals surface area contributed by atoms with Crippen molar-refractivity contribution >= 4 is 17.5 Å². The normalized spacial score (nSPS) is 18.2. The van der Waals surface area contributed by atoms with Gasteiger partial charge in [-0.3, -0.25) is 0 Å². The number of aromatic nitrogens is 1. The van der Waals surface area contributed by atoms with Crippen molar-refractivity contribution in [2.75, 3.05) is 30.8 Å². The molecule has 1 aliphatic heterocycles. The molecular weight excluding hydrogens is 242 g/mol. The van der Waals surface area contributed by atoms with Crippen LogP contribution >= 0.6 is 0 Å². The number of nitrogens with two attached hydrogens (primary N) is 1. The highest BCUT2D eigenvalue weighted by Crippen LogP contribution is 2.33. The second-order valence-corrected chi connectivity index (χ2v) is 5.78. The maximum Gasteiger partial charge on any atom is 0.341 e. The lowest BCUT2D eigenvalue weighted by Crippen LogP contribution is -2.38. The molecule has 0 spiro atoms. The third-order valence-corrected chi connectivity index (χ3v) is 3.71. The van der Waals surface area contributed by atoms with Gasteiger partial charge in [-0.2, -0.15) is 0 Å². The minimum Gasteiger partial charge on any atom is -0.465 e. The van der Waals surface area contributed by atoms with E-state index in [0.717, 1.165) is 25.9 Å². The van der Waals surface area contributed by atoms with Crippen LogP contribution < -0.4 is 10.6 Å². The van der Waals surface area contributed by atoms with E-state index in [0.29, 0.717) is 22.5 Å². The molecule has 1 aromatic rings. The van der Waals surface area contributed by atoms with Gasteiger partial charge in [-0.25, -0.2) is 9.78 Å². The van der Waals surface area contributed by atoms with Crippen LogP contribution in [0.2, 0.25) is 0 Å². The molecule has 5 nitrogen and oxygen atoms in total. The monoisotopic (exact) mass is 263 g/mol. The number of anilines is 2. The highest BCUT2D eigenvalue weighted by Gasteiger charge is 2.28. The van der Waals surface area contributed by atoms with E-state index in [1.165, 1.54) is 7.11 Å². The van der Waals surface area contributed by atoms with Crippen molar-refractivity contribution in [1.82, 2.24) is 4.98 Å². The van der Waals surface area contributed by atoms with Crippen molar-refractivity contribution in [3.05, 3.63) is 17.8 Å². The predicted molar refractivity (Wildman–Crippen MR) is 75.2 cm³/mol. The van der Waals surface area contributed by atoms with Gasteiger partial charge in [0.2, 0.25) is 0 Å². The van der Waals surface area contributed by atoms with E-state index in [1.54, 1.807) is 12.3 Å². The highest BCUT2D eigenvalue weighted by molar-refractivity contribution is 5.95. The topological polar surface area (TPSA) is 68.5 Å². The first-order chi connectivity index (χ1) is 8.93. The number of carbonyl (C=O) groups is 1. The van der Waals surface area contributed by atoms with Crippen LogP contribution in [-0.2, 0) is 4.74 Å². The third kappa shape index (κ3) is 2.97. The van der Waals surface area contributed by atoms with E-state index < -0.39 is 0 Å². The molecule has 0 atom stereocenters. The van der Waals surface area contributed by atoms with Crippen LogP contribution in [0.25, 0.3) is 0 Å². The number of rotatable bonds is 2. The largest absolute Gasteiger partial charge is 0.465 e. The number of nitrogens with zero attached hydrogens (tertiary/aromatic N) is 2. The van der Waals surface area contributed by atoms with Crippen LogP contribution in [0.1, 0.15) is 37.0 Å². The van der Waals surface area contributed by atoms with Crippen molar-refractivity contribution in [2.45, 2.75) is 26.7 Å². The van der Waals surface area contributed by atoms with Gasteiger partial charge in [-0.15, -0.1) is 0 Å². The highest BCUT2D eigenvalue weighted by atomic mass is 16.5. The summed E-state index contributed by atoms with van der Waals surface area (Å²) in [4.78, 5) is 18.3. The molecule has 1 aliphatic rings. The number of nitrogen functional groups attached to an aromatic ring is 1. The molecule has 0 amide bonds. The zero-order chi connectivity index (χ0) is 14.0. The van der Waals surface area contributed by atoms with E-state index >= 15 is 0 Å². The first-order valence-electron chi connectivity index (χ1n) is 6.52. The van der Waals surface area contributed by atoms with Gasteiger partial charge < -0.3 is 15.4 Å². The maximum atomic E-state index is 11.8. The fourth-order valence-electron chi connectivity index (χ4n) is 2.31. The summed E-state index contributed by atoms with van der Waals surface area (Å²) in [5.41, 5.74) is 6.98. The van der Waals surface area contributed by atoms with Crippen LogP contribution in [-0.4, -0.2) is 31.2 Å². The summed E-state index contributed by atoms with van der Waals surface area (Å²) in [6.45, 7) is 6.33. The van der Waals surface area contributed by atoms with Gasteiger partial charge in [0, 0.05) is 13.1 Å². The van der Waals surface area contributed by atoms with Gasteiger partial charge in [0.1, 0.15) is 11.4 Å². The second-order valence-electron chi connectivity index (χ2n) is 5.78. The van der Waals surface area contributed by atoms with Crippen LogP contribution in [0, 0.1) is 5.41 Å². The van der Waals surface area contributed by atoms with Crippen LogP contribution in [0.5, 0.6) is 0 Å². The van der Waals surface area contributed by atoms with Gasteiger partial charge >= 0.3 is 5.97 Å². The van der Waals surface area contributed by atoms with Gasteiger partial charge in [0.05, 0.1) is 19.0 Å². The standard InChI is InChI=1S/C14H21N3O2/c1-14(2)4-6-17(7-5-14)12-11(13(18)19-3)8-10(15)9-16-12/h8-9H,4-7,15H2,1-3H3. The minimum atomic E-state index is -0.389. The summed E-state index contributed by atoms with van der Waals surface area (Å²) < 4.78 is 4.80. The number of methoxy groups -OCH3 is 1. The summed E-state index contributed by atoms with van der Waals surface area (Å²) in [6, 6.07) is 1.63. The van der Waals surface area contributed by atoms with Gasteiger partial charge in [0.15, 0.2) is 0 Å². The average molecular weight is 263 g/mol. The number of esters is 1. The van der Waals surface area contributed by atoms with E-state index in [9.17, 15) is 4.79 Å². The predicted octanol–water partition coefficient (Wildman–Crippen LogP) is 2.08. The summed E-state index contributed by atoms with van der Waals surface area (Å²) in [5.74, 6) is 0.288. The molecular formula is C14H21N3O2. The molecule has 0 bridgehead atoms. The fourth-order valence-corrected chi connectivity index (χ4v) is 2.31. The van der Waals surface area contributed by atoms with Gasteiger partial charge in [-0.1, -0.05) is 13.8 Å². The van der Waals surface area contributed by atoms with Crippen molar-refractivity contribution in [2.24, 2.45) is 5.41 Å². The Morgan fingerprint density at radius 2 is 2.05 bits per heavy atom. The van der Waals surface area contributed by atoms with E-state index in [2.05, 4.69) is 23.7 Å². The zero-order valence-electron chi connectivity index (χ0n) is 11.8. The molecule has 1 fully saturated rings. The van der Waals surface area contributed by atoms with Gasteiger partial charge in [-0.05, 0) is 24.3 Å². The first-order valence-corrected chi connectivity index (χ1v) is 6.52. The van der Waals surface area contributed by atoms with Crippen LogP contribution in [0.3, 0.4) is 0 Å². The van der Waals surface area contributed by atoms with Crippen LogP contribution in [0.15, 0.2) is 12.3 Å². The Hall–Kier alpha value is -1.78. The molecule has 0 saturated carbocycles. The third-order valence-electron chi connectivity index (χ3n) is 3.71. The molecule has 2 rings (SSSR count). The number of hydrogen-bond donors (Lipinski definition) is 1. The van der Waals surface area contributed by atoms with E-state index in [4.69, 9.17) is 10.5 Å². The quantitative estimate of drug-likeness (QED) is 0.827. The SMILES string of the molecule is COC(=O)c1cc(N)cnc1N1CCC(C)(C)CC1.